The zero-order chi connectivity index (χ0) is 19.5. The molecule has 3 aromatic rings. The van der Waals surface area contributed by atoms with Crippen LogP contribution in [0.25, 0.3) is 0 Å². The molecule has 2 N–H and O–H groups in total. The number of aliphatic hydroxyl groups excluding tert-OH is 1. The highest BCUT2D eigenvalue weighted by Crippen LogP contribution is 2.36. The number of hydrogen-bond acceptors (Lipinski definition) is 5. The smallest absolute Gasteiger partial charge is 0.249 e. The summed E-state index contributed by atoms with van der Waals surface area (Å²) in [5.74, 6) is 1.73. The van der Waals surface area contributed by atoms with Crippen molar-refractivity contribution < 1.29 is 9.90 Å². The number of nitrogens with zero attached hydrogens (tertiary/aromatic N) is 5. The second-order valence-electron chi connectivity index (χ2n) is 7.32. The monoisotopic (exact) mass is 380 g/mol. The van der Waals surface area contributed by atoms with Gasteiger partial charge in [-0.2, -0.15) is 5.10 Å². The first-order valence-corrected chi connectivity index (χ1v) is 9.48. The normalized spacial score (nSPS) is 19.8. The molecule has 8 heteroatoms. The molecule has 0 aliphatic heterocycles. The molecular weight excluding hydrogens is 356 g/mol. The van der Waals surface area contributed by atoms with Crippen molar-refractivity contribution >= 4 is 5.91 Å². The number of aromatic nitrogens is 5. The van der Waals surface area contributed by atoms with Gasteiger partial charge in [-0.05, 0) is 24.5 Å². The number of aliphatic hydroxyl groups is 1. The molecule has 28 heavy (non-hydrogen) atoms. The first-order valence-electron chi connectivity index (χ1n) is 9.48. The molecule has 2 heterocycles. The van der Waals surface area contributed by atoms with Crippen molar-refractivity contribution in [1.82, 2.24) is 29.9 Å². The molecule has 1 aromatic carbocycles. The van der Waals surface area contributed by atoms with Crippen LogP contribution in [-0.2, 0) is 24.8 Å². The van der Waals surface area contributed by atoms with Crippen LogP contribution in [-0.4, -0.2) is 47.7 Å². The van der Waals surface area contributed by atoms with Crippen LogP contribution in [0.4, 0.5) is 0 Å². The van der Waals surface area contributed by atoms with Gasteiger partial charge in [0.05, 0.1) is 0 Å². The molecule has 0 saturated heterocycles. The lowest BCUT2D eigenvalue weighted by Gasteiger charge is -2.35. The Morgan fingerprint density at radius 2 is 2.04 bits per heavy atom. The molecule has 1 atom stereocenters. The van der Waals surface area contributed by atoms with Crippen LogP contribution in [0.5, 0.6) is 0 Å². The average molecular weight is 380 g/mol. The molecule has 0 radical (unpaired) electrons. The number of amides is 1. The van der Waals surface area contributed by atoms with E-state index in [1.54, 1.807) is 6.20 Å². The minimum absolute atomic E-state index is 0.0641. The molecule has 0 unspecified atom stereocenters. The van der Waals surface area contributed by atoms with Gasteiger partial charge in [-0.15, -0.1) is 10.2 Å². The van der Waals surface area contributed by atoms with E-state index in [4.69, 9.17) is 0 Å². The van der Waals surface area contributed by atoms with Crippen molar-refractivity contribution in [3.63, 3.8) is 0 Å². The standard InChI is InChI=1S/C20H24N6O2/c1-25-18(13-26-9-5-8-21-26)23-24-19(25)15-11-16(12-15)22-20(28)17(27)10-14-6-3-2-4-7-14/h2-9,15-17,27H,10-13H2,1H3,(H,22,28)/t15?,16?,17-/m0/s1. The van der Waals surface area contributed by atoms with E-state index in [2.05, 4.69) is 20.6 Å². The van der Waals surface area contributed by atoms with Gasteiger partial charge in [-0.25, -0.2) is 0 Å². The Morgan fingerprint density at radius 3 is 2.75 bits per heavy atom. The summed E-state index contributed by atoms with van der Waals surface area (Å²) < 4.78 is 3.82. The summed E-state index contributed by atoms with van der Waals surface area (Å²) in [6, 6.07) is 11.5. The lowest BCUT2D eigenvalue weighted by atomic mass is 9.79. The number of carbonyl (C=O) groups excluding carboxylic acids is 1. The SMILES string of the molecule is Cn1c(Cn2cccn2)nnc1C1CC(NC(=O)[C@@H](O)Cc2ccccc2)C1. The van der Waals surface area contributed by atoms with E-state index in [0.717, 1.165) is 30.1 Å². The van der Waals surface area contributed by atoms with Gasteiger partial charge in [-0.1, -0.05) is 30.3 Å². The number of rotatable bonds is 7. The van der Waals surface area contributed by atoms with Crippen molar-refractivity contribution in [2.45, 2.75) is 43.9 Å². The highest BCUT2D eigenvalue weighted by molar-refractivity contribution is 5.81. The van der Waals surface area contributed by atoms with E-state index < -0.39 is 6.10 Å². The van der Waals surface area contributed by atoms with E-state index in [1.165, 1.54) is 0 Å². The minimum Gasteiger partial charge on any atom is -0.383 e. The Bertz CT molecular complexity index is 916. The van der Waals surface area contributed by atoms with Gasteiger partial charge in [-0.3, -0.25) is 9.48 Å². The Hall–Kier alpha value is -3.00. The number of hydrogen-bond donors (Lipinski definition) is 2. The fourth-order valence-corrected chi connectivity index (χ4v) is 3.58. The third-order valence-electron chi connectivity index (χ3n) is 5.29. The van der Waals surface area contributed by atoms with Crippen molar-refractivity contribution in [2.75, 3.05) is 0 Å². The van der Waals surface area contributed by atoms with Gasteiger partial charge in [0.15, 0.2) is 5.82 Å². The lowest BCUT2D eigenvalue weighted by Crippen LogP contribution is -2.48. The third kappa shape index (κ3) is 3.96. The first-order chi connectivity index (χ1) is 13.6. The van der Waals surface area contributed by atoms with Crippen LogP contribution in [0.2, 0.25) is 0 Å². The van der Waals surface area contributed by atoms with E-state index >= 15 is 0 Å². The van der Waals surface area contributed by atoms with E-state index in [9.17, 15) is 9.90 Å². The molecule has 1 saturated carbocycles. The van der Waals surface area contributed by atoms with E-state index in [1.807, 2.05) is 58.9 Å². The summed E-state index contributed by atoms with van der Waals surface area (Å²) >= 11 is 0. The van der Waals surface area contributed by atoms with E-state index in [-0.39, 0.29) is 17.9 Å². The van der Waals surface area contributed by atoms with Crippen LogP contribution in [0, 0.1) is 0 Å². The molecule has 4 rings (SSSR count). The molecule has 8 nitrogen and oxygen atoms in total. The van der Waals surface area contributed by atoms with Crippen molar-refractivity contribution in [2.24, 2.45) is 7.05 Å². The molecule has 1 amide bonds. The van der Waals surface area contributed by atoms with Crippen LogP contribution < -0.4 is 5.32 Å². The second-order valence-corrected chi connectivity index (χ2v) is 7.32. The first kappa shape index (κ1) is 18.4. The molecular formula is C20H24N6O2. The van der Waals surface area contributed by atoms with Crippen LogP contribution >= 0.6 is 0 Å². The summed E-state index contributed by atoms with van der Waals surface area (Å²) in [6.45, 7) is 0.578. The highest BCUT2D eigenvalue weighted by atomic mass is 16.3. The number of carbonyl (C=O) groups is 1. The maximum absolute atomic E-state index is 12.2. The Labute approximate surface area is 163 Å². The van der Waals surface area contributed by atoms with Crippen LogP contribution in [0.3, 0.4) is 0 Å². The van der Waals surface area contributed by atoms with Gasteiger partial charge >= 0.3 is 0 Å². The summed E-state index contributed by atoms with van der Waals surface area (Å²) in [5.41, 5.74) is 0.945. The molecule has 2 aromatic heterocycles. The van der Waals surface area contributed by atoms with Crippen molar-refractivity contribution in [1.29, 1.82) is 0 Å². The Morgan fingerprint density at radius 1 is 1.25 bits per heavy atom. The van der Waals surface area contributed by atoms with Gasteiger partial charge in [0.1, 0.15) is 18.5 Å². The topological polar surface area (TPSA) is 97.9 Å². The Balaban J connectivity index is 1.27. The quantitative estimate of drug-likeness (QED) is 0.638. The maximum Gasteiger partial charge on any atom is 0.249 e. The molecule has 0 spiro atoms. The summed E-state index contributed by atoms with van der Waals surface area (Å²) in [6.07, 6.45) is 4.53. The molecule has 1 aliphatic carbocycles. The van der Waals surface area contributed by atoms with Crippen molar-refractivity contribution in [3.8, 4) is 0 Å². The number of nitrogens with one attached hydrogen (secondary N) is 1. The van der Waals surface area contributed by atoms with E-state index in [0.29, 0.717) is 13.0 Å². The third-order valence-corrected chi connectivity index (χ3v) is 5.29. The predicted molar refractivity (Wildman–Crippen MR) is 102 cm³/mol. The fraction of sp³-hybridized carbons (Fsp3) is 0.400. The molecule has 0 bridgehead atoms. The lowest BCUT2D eigenvalue weighted by molar-refractivity contribution is -0.130. The summed E-state index contributed by atoms with van der Waals surface area (Å²) in [4.78, 5) is 12.2. The molecule has 1 aliphatic rings. The molecule has 1 fully saturated rings. The van der Waals surface area contributed by atoms with Crippen molar-refractivity contribution in [3.05, 3.63) is 66.0 Å². The largest absolute Gasteiger partial charge is 0.383 e. The zero-order valence-electron chi connectivity index (χ0n) is 15.8. The van der Waals surface area contributed by atoms with Crippen LogP contribution in [0.15, 0.2) is 48.8 Å². The number of benzene rings is 1. The molecule has 146 valence electrons. The maximum atomic E-state index is 12.2. The van der Waals surface area contributed by atoms with Gasteiger partial charge in [0, 0.05) is 37.8 Å². The zero-order valence-corrected chi connectivity index (χ0v) is 15.8. The van der Waals surface area contributed by atoms with Gasteiger partial charge in [0.2, 0.25) is 5.91 Å². The predicted octanol–water partition coefficient (Wildman–Crippen LogP) is 1.03. The minimum atomic E-state index is -1.03. The fourth-order valence-electron chi connectivity index (χ4n) is 3.58. The van der Waals surface area contributed by atoms with Crippen LogP contribution in [0.1, 0.15) is 36.0 Å². The average Bonchev–Trinajstić information content (AvgIpc) is 3.30. The summed E-state index contributed by atoms with van der Waals surface area (Å²) in [7, 11) is 1.96. The highest BCUT2D eigenvalue weighted by Gasteiger charge is 2.35. The van der Waals surface area contributed by atoms with Gasteiger partial charge < -0.3 is 15.0 Å². The van der Waals surface area contributed by atoms with Gasteiger partial charge in [0.25, 0.3) is 0 Å². The second kappa shape index (κ2) is 7.93. The summed E-state index contributed by atoms with van der Waals surface area (Å²) in [5, 5.41) is 25.9. The Kier molecular flexibility index (Phi) is 5.21.